The third-order valence-electron chi connectivity index (χ3n) is 6.85. The minimum Gasteiger partial charge on any atom is -0.497 e. The highest BCUT2D eigenvalue weighted by molar-refractivity contribution is 5.85. The van der Waals surface area contributed by atoms with E-state index in [1.165, 1.54) is 24.8 Å². The predicted molar refractivity (Wildman–Crippen MR) is 106 cm³/mol. The monoisotopic (exact) mass is 378 g/mol. The Balaban J connectivity index is 0.00000196. The van der Waals surface area contributed by atoms with Gasteiger partial charge < -0.3 is 15.4 Å². The van der Waals surface area contributed by atoms with Gasteiger partial charge in [-0.3, -0.25) is 4.79 Å². The zero-order valence-corrected chi connectivity index (χ0v) is 16.4. The summed E-state index contributed by atoms with van der Waals surface area (Å²) in [7, 11) is 1.69. The van der Waals surface area contributed by atoms with Gasteiger partial charge in [0.25, 0.3) is 0 Å². The first kappa shape index (κ1) is 19.5. The summed E-state index contributed by atoms with van der Waals surface area (Å²) < 4.78 is 5.24. The molecule has 2 saturated carbocycles. The van der Waals surface area contributed by atoms with E-state index in [0.29, 0.717) is 29.7 Å². The van der Waals surface area contributed by atoms with Crippen LogP contribution in [0.1, 0.15) is 50.0 Å². The van der Waals surface area contributed by atoms with E-state index in [-0.39, 0.29) is 18.3 Å². The second-order valence-corrected chi connectivity index (χ2v) is 8.24. The third-order valence-corrected chi connectivity index (χ3v) is 6.85. The van der Waals surface area contributed by atoms with Crippen molar-refractivity contribution in [2.24, 2.45) is 23.5 Å². The van der Waals surface area contributed by atoms with Gasteiger partial charge in [-0.25, -0.2) is 0 Å². The van der Waals surface area contributed by atoms with Crippen molar-refractivity contribution in [2.45, 2.75) is 50.5 Å². The molecule has 3 fully saturated rings. The van der Waals surface area contributed by atoms with Crippen molar-refractivity contribution in [3.63, 3.8) is 0 Å². The summed E-state index contributed by atoms with van der Waals surface area (Å²) in [5, 5.41) is 0. The van der Waals surface area contributed by atoms with Crippen LogP contribution in [-0.2, 0) is 4.79 Å². The van der Waals surface area contributed by atoms with Crippen molar-refractivity contribution in [1.82, 2.24) is 4.90 Å². The molecule has 0 spiro atoms. The number of halogens is 1. The predicted octanol–water partition coefficient (Wildman–Crippen LogP) is 3.59. The number of methoxy groups -OCH3 is 1. The standard InChI is InChI=1S/C21H30N2O2.ClH/c1-25-19-7-5-14(6-8-19)17-9-10-23(13-17)21(24)18-11-15-3-2-4-16(12-18)20(15)22;/h5-8,15-18,20H,2-4,9-13,22H2,1H3;1H. The van der Waals surface area contributed by atoms with Gasteiger partial charge in [-0.2, -0.15) is 0 Å². The molecule has 4 rings (SSSR count). The number of amides is 1. The smallest absolute Gasteiger partial charge is 0.225 e. The molecule has 144 valence electrons. The second kappa shape index (κ2) is 8.18. The van der Waals surface area contributed by atoms with E-state index in [2.05, 4.69) is 17.0 Å². The van der Waals surface area contributed by atoms with Gasteiger partial charge in [0.15, 0.2) is 0 Å². The van der Waals surface area contributed by atoms with Gasteiger partial charge in [-0.15, -0.1) is 12.4 Å². The number of likely N-dealkylation sites (tertiary alicyclic amines) is 1. The van der Waals surface area contributed by atoms with Crippen LogP contribution in [0.25, 0.3) is 0 Å². The summed E-state index contributed by atoms with van der Waals surface area (Å²) in [6, 6.07) is 8.65. The van der Waals surface area contributed by atoms with Crippen molar-refractivity contribution < 1.29 is 9.53 Å². The zero-order valence-electron chi connectivity index (χ0n) is 15.6. The summed E-state index contributed by atoms with van der Waals surface area (Å²) in [5.74, 6) is 3.09. The molecule has 2 N–H and O–H groups in total. The van der Waals surface area contributed by atoms with Crippen LogP contribution in [0.15, 0.2) is 24.3 Å². The minimum atomic E-state index is 0. The molecule has 2 aliphatic carbocycles. The molecule has 3 aliphatic rings. The molecule has 3 atom stereocenters. The van der Waals surface area contributed by atoms with E-state index >= 15 is 0 Å². The third kappa shape index (κ3) is 3.72. The number of nitrogens with zero attached hydrogens (tertiary/aromatic N) is 1. The van der Waals surface area contributed by atoms with E-state index < -0.39 is 0 Å². The average Bonchev–Trinajstić information content (AvgIpc) is 3.11. The summed E-state index contributed by atoms with van der Waals surface area (Å²) in [4.78, 5) is 15.2. The molecule has 26 heavy (non-hydrogen) atoms. The lowest BCUT2D eigenvalue weighted by Crippen LogP contribution is -2.49. The fourth-order valence-electron chi connectivity index (χ4n) is 5.36. The number of carbonyl (C=O) groups is 1. The fourth-order valence-corrected chi connectivity index (χ4v) is 5.36. The lowest BCUT2D eigenvalue weighted by molar-refractivity contribution is -0.137. The normalized spacial score (nSPS) is 33.5. The number of hydrogen-bond donors (Lipinski definition) is 1. The topological polar surface area (TPSA) is 55.6 Å². The van der Waals surface area contributed by atoms with Crippen LogP contribution in [0.2, 0.25) is 0 Å². The van der Waals surface area contributed by atoms with E-state index in [1.54, 1.807) is 7.11 Å². The number of ether oxygens (including phenoxy) is 1. The minimum absolute atomic E-state index is 0. The van der Waals surface area contributed by atoms with Gasteiger partial charge in [-0.1, -0.05) is 18.6 Å². The molecule has 3 unspecified atom stereocenters. The lowest BCUT2D eigenvalue weighted by Gasteiger charge is -2.44. The van der Waals surface area contributed by atoms with Crippen LogP contribution < -0.4 is 10.5 Å². The van der Waals surface area contributed by atoms with Crippen molar-refractivity contribution in [1.29, 1.82) is 0 Å². The number of rotatable bonds is 3. The van der Waals surface area contributed by atoms with Crippen LogP contribution in [0.5, 0.6) is 5.75 Å². The summed E-state index contributed by atoms with van der Waals surface area (Å²) in [6.07, 6.45) is 6.83. The highest BCUT2D eigenvalue weighted by Gasteiger charge is 2.42. The molecule has 2 bridgehead atoms. The number of benzene rings is 1. The van der Waals surface area contributed by atoms with E-state index in [4.69, 9.17) is 10.5 Å². The molecule has 1 aromatic carbocycles. The van der Waals surface area contributed by atoms with Gasteiger partial charge >= 0.3 is 0 Å². The maximum absolute atomic E-state index is 13.1. The van der Waals surface area contributed by atoms with Crippen LogP contribution in [0.3, 0.4) is 0 Å². The fraction of sp³-hybridized carbons (Fsp3) is 0.667. The Morgan fingerprint density at radius 3 is 2.38 bits per heavy atom. The Bertz CT molecular complexity index is 607. The maximum Gasteiger partial charge on any atom is 0.225 e. The van der Waals surface area contributed by atoms with Crippen LogP contribution in [-0.4, -0.2) is 37.0 Å². The number of fused-ring (bicyclic) bond motifs is 2. The van der Waals surface area contributed by atoms with Gasteiger partial charge in [-0.05, 0) is 61.6 Å². The first-order valence-corrected chi connectivity index (χ1v) is 9.84. The molecular formula is C21H31ClN2O2. The van der Waals surface area contributed by atoms with Crippen molar-refractivity contribution in [3.8, 4) is 5.75 Å². The Hall–Kier alpha value is -1.26. The molecule has 1 aromatic rings. The zero-order chi connectivity index (χ0) is 17.4. The van der Waals surface area contributed by atoms with Crippen LogP contribution >= 0.6 is 12.4 Å². The first-order chi connectivity index (χ1) is 12.2. The van der Waals surface area contributed by atoms with E-state index in [9.17, 15) is 4.79 Å². The molecular weight excluding hydrogens is 348 g/mol. The molecule has 4 nitrogen and oxygen atoms in total. The highest BCUT2D eigenvalue weighted by atomic mass is 35.5. The molecule has 1 heterocycles. The van der Waals surface area contributed by atoms with Crippen molar-refractivity contribution in [2.75, 3.05) is 20.2 Å². The lowest BCUT2D eigenvalue weighted by atomic mass is 9.65. The molecule has 0 radical (unpaired) electrons. The average molecular weight is 379 g/mol. The van der Waals surface area contributed by atoms with Gasteiger partial charge in [0.2, 0.25) is 5.91 Å². The number of nitrogens with two attached hydrogens (primary N) is 1. The SMILES string of the molecule is COc1ccc(C2CCN(C(=O)C3CC4CCCC(C3)C4N)C2)cc1.Cl. The highest BCUT2D eigenvalue weighted by Crippen LogP contribution is 2.43. The van der Waals surface area contributed by atoms with Gasteiger partial charge in [0, 0.05) is 31.0 Å². The van der Waals surface area contributed by atoms with Crippen molar-refractivity contribution >= 4 is 18.3 Å². The molecule has 5 heteroatoms. The summed E-state index contributed by atoms with van der Waals surface area (Å²) in [6.45, 7) is 1.76. The molecule has 1 aliphatic heterocycles. The van der Waals surface area contributed by atoms with E-state index in [1.807, 2.05) is 12.1 Å². The Morgan fingerprint density at radius 2 is 1.77 bits per heavy atom. The quantitative estimate of drug-likeness (QED) is 0.874. The Kier molecular flexibility index (Phi) is 6.13. The van der Waals surface area contributed by atoms with Crippen LogP contribution in [0.4, 0.5) is 0 Å². The number of hydrogen-bond acceptors (Lipinski definition) is 3. The summed E-state index contributed by atoms with van der Waals surface area (Å²) in [5.41, 5.74) is 7.70. The Morgan fingerprint density at radius 1 is 1.12 bits per heavy atom. The maximum atomic E-state index is 13.1. The van der Waals surface area contributed by atoms with Gasteiger partial charge in [0.05, 0.1) is 7.11 Å². The van der Waals surface area contributed by atoms with Gasteiger partial charge in [0.1, 0.15) is 5.75 Å². The van der Waals surface area contributed by atoms with Crippen LogP contribution in [0, 0.1) is 17.8 Å². The largest absolute Gasteiger partial charge is 0.497 e. The second-order valence-electron chi connectivity index (χ2n) is 8.24. The first-order valence-electron chi connectivity index (χ1n) is 9.84. The Labute approximate surface area is 162 Å². The van der Waals surface area contributed by atoms with E-state index in [0.717, 1.165) is 38.1 Å². The van der Waals surface area contributed by atoms with Crippen molar-refractivity contribution in [3.05, 3.63) is 29.8 Å². The number of carbonyl (C=O) groups excluding carboxylic acids is 1. The molecule has 0 aromatic heterocycles. The molecule has 1 saturated heterocycles. The summed E-state index contributed by atoms with van der Waals surface area (Å²) >= 11 is 0. The molecule has 1 amide bonds.